The van der Waals surface area contributed by atoms with Gasteiger partial charge in [-0.25, -0.2) is 9.97 Å². The van der Waals surface area contributed by atoms with E-state index in [4.69, 9.17) is 14.7 Å². The van der Waals surface area contributed by atoms with Crippen molar-refractivity contribution in [2.24, 2.45) is 5.92 Å². The maximum atomic E-state index is 12.5. The number of fused-ring (bicyclic) bond motifs is 1. The van der Waals surface area contributed by atoms with Crippen LogP contribution in [0.5, 0.6) is 0 Å². The molecule has 0 bridgehead atoms. The molecule has 2 aliphatic heterocycles. The van der Waals surface area contributed by atoms with E-state index in [0.29, 0.717) is 32.0 Å². The lowest BCUT2D eigenvalue weighted by atomic mass is 9.94. The normalized spacial score (nSPS) is 18.2. The summed E-state index contributed by atoms with van der Waals surface area (Å²) in [6, 6.07) is 0. The van der Waals surface area contributed by atoms with Crippen LogP contribution in [-0.2, 0) is 20.7 Å². The van der Waals surface area contributed by atoms with Gasteiger partial charge in [-0.05, 0) is 32.1 Å². The Bertz CT molecular complexity index is 711. The minimum Gasteiger partial charge on any atom is -0.375 e. The van der Waals surface area contributed by atoms with Gasteiger partial charge in [0.2, 0.25) is 11.8 Å². The predicted molar refractivity (Wildman–Crippen MR) is 103 cm³/mol. The number of aromatic nitrogens is 2. The van der Waals surface area contributed by atoms with Gasteiger partial charge >= 0.3 is 0 Å². The number of nitrogens with zero attached hydrogens (tertiary/aromatic N) is 4. The maximum absolute atomic E-state index is 12.5. The van der Waals surface area contributed by atoms with Crippen LogP contribution in [0.2, 0.25) is 0 Å². The van der Waals surface area contributed by atoms with Gasteiger partial charge < -0.3 is 9.64 Å². The summed E-state index contributed by atoms with van der Waals surface area (Å²) in [6.45, 7) is 8.45. The zero-order valence-corrected chi connectivity index (χ0v) is 16.8. The molecule has 2 aliphatic rings. The number of hydrogen-bond acceptors (Lipinski definition) is 5. The van der Waals surface area contributed by atoms with Crippen LogP contribution in [-0.4, -0.2) is 60.0 Å². The maximum Gasteiger partial charge on any atom is 0.248 e. The van der Waals surface area contributed by atoms with Crippen LogP contribution in [0, 0.1) is 12.8 Å². The number of amides is 2. The predicted octanol–water partition coefficient (Wildman–Crippen LogP) is 2.07. The number of likely N-dealkylation sites (tertiary alicyclic amines) is 1. The van der Waals surface area contributed by atoms with E-state index in [1.807, 2.05) is 16.7 Å². The van der Waals surface area contributed by atoms with Crippen LogP contribution in [0.15, 0.2) is 0 Å². The van der Waals surface area contributed by atoms with Gasteiger partial charge in [0.1, 0.15) is 18.2 Å². The molecule has 0 atom stereocenters. The van der Waals surface area contributed by atoms with Gasteiger partial charge in [0.05, 0.1) is 0 Å². The molecule has 0 N–H and O–H groups in total. The molecular formula is C20H30N4O3. The second-order valence-electron chi connectivity index (χ2n) is 7.96. The third-order valence-electron chi connectivity index (χ3n) is 5.38. The van der Waals surface area contributed by atoms with Crippen LogP contribution in [0.3, 0.4) is 0 Å². The topological polar surface area (TPSA) is 75.6 Å². The van der Waals surface area contributed by atoms with Crippen molar-refractivity contribution >= 4 is 17.6 Å². The Morgan fingerprint density at radius 1 is 1.22 bits per heavy atom. The summed E-state index contributed by atoms with van der Waals surface area (Å²) in [7, 11) is 1.54. The second-order valence-corrected chi connectivity index (χ2v) is 7.96. The van der Waals surface area contributed by atoms with E-state index in [1.54, 1.807) is 7.11 Å². The molecular weight excluding hydrogens is 344 g/mol. The first-order valence-electron chi connectivity index (χ1n) is 9.85. The Hall–Kier alpha value is -2.02. The molecule has 0 saturated carbocycles. The van der Waals surface area contributed by atoms with E-state index < -0.39 is 0 Å². The second kappa shape index (κ2) is 8.33. The molecule has 27 heavy (non-hydrogen) atoms. The molecule has 0 aromatic carbocycles. The fourth-order valence-electron chi connectivity index (χ4n) is 3.94. The van der Waals surface area contributed by atoms with Crippen LogP contribution in [0.4, 0.5) is 5.82 Å². The minimum atomic E-state index is 0.0344. The highest BCUT2D eigenvalue weighted by atomic mass is 16.5. The van der Waals surface area contributed by atoms with Gasteiger partial charge in [0.25, 0.3) is 0 Å². The number of ether oxygens (including phenoxy) is 1. The van der Waals surface area contributed by atoms with E-state index in [1.165, 1.54) is 0 Å². The van der Waals surface area contributed by atoms with E-state index in [2.05, 4.69) is 13.8 Å². The van der Waals surface area contributed by atoms with Gasteiger partial charge in [0, 0.05) is 50.3 Å². The van der Waals surface area contributed by atoms with Crippen LogP contribution in [0.25, 0.3) is 0 Å². The van der Waals surface area contributed by atoms with E-state index in [0.717, 1.165) is 42.2 Å². The number of rotatable bonds is 5. The summed E-state index contributed by atoms with van der Waals surface area (Å²) in [5, 5.41) is 0. The van der Waals surface area contributed by atoms with Crippen molar-refractivity contribution in [3.8, 4) is 0 Å². The van der Waals surface area contributed by atoms with Crippen LogP contribution >= 0.6 is 0 Å². The van der Waals surface area contributed by atoms with Crippen LogP contribution in [0.1, 0.15) is 56.1 Å². The lowest BCUT2D eigenvalue weighted by Crippen LogP contribution is -2.41. The number of piperidine rings is 1. The Balaban J connectivity index is 1.80. The Morgan fingerprint density at radius 2 is 1.93 bits per heavy atom. The standard InChI is InChI=1S/C20H30N4O3/c1-13(2)11-24-17(25)6-5-16-14(3)21-19(22-20(16)24)15-7-9-23(10-8-15)18(26)12-27-4/h13,15H,5-12H2,1-4H3. The minimum absolute atomic E-state index is 0.0344. The molecule has 0 radical (unpaired) electrons. The van der Waals surface area contributed by atoms with Gasteiger partial charge in [0.15, 0.2) is 0 Å². The first kappa shape index (κ1) is 19.7. The largest absolute Gasteiger partial charge is 0.375 e. The highest BCUT2D eigenvalue weighted by Crippen LogP contribution is 2.32. The molecule has 1 aromatic rings. The lowest BCUT2D eigenvalue weighted by Gasteiger charge is -2.33. The number of carbonyl (C=O) groups excluding carboxylic acids is 2. The number of carbonyl (C=O) groups is 2. The molecule has 7 nitrogen and oxygen atoms in total. The molecule has 7 heteroatoms. The first-order chi connectivity index (χ1) is 12.9. The molecule has 2 amide bonds. The van der Waals surface area contributed by atoms with E-state index in [-0.39, 0.29) is 24.3 Å². The monoisotopic (exact) mass is 374 g/mol. The van der Waals surface area contributed by atoms with Crippen molar-refractivity contribution in [1.29, 1.82) is 0 Å². The van der Waals surface area contributed by atoms with Gasteiger partial charge in [-0.3, -0.25) is 14.5 Å². The third kappa shape index (κ3) is 4.29. The fourth-order valence-corrected chi connectivity index (χ4v) is 3.94. The number of aryl methyl sites for hydroxylation is 1. The van der Waals surface area contributed by atoms with E-state index in [9.17, 15) is 9.59 Å². The van der Waals surface area contributed by atoms with Crippen molar-refractivity contribution in [2.45, 2.75) is 52.4 Å². The first-order valence-corrected chi connectivity index (χ1v) is 9.85. The Kier molecular flexibility index (Phi) is 6.09. The Labute approximate surface area is 161 Å². The van der Waals surface area contributed by atoms with Crippen LogP contribution < -0.4 is 4.90 Å². The van der Waals surface area contributed by atoms with Crippen molar-refractivity contribution in [2.75, 3.05) is 38.3 Å². The molecule has 3 heterocycles. The summed E-state index contributed by atoms with van der Waals surface area (Å²) in [6.07, 6.45) is 2.93. The van der Waals surface area contributed by atoms with E-state index >= 15 is 0 Å². The Morgan fingerprint density at radius 3 is 2.56 bits per heavy atom. The molecule has 3 rings (SSSR count). The molecule has 1 saturated heterocycles. The summed E-state index contributed by atoms with van der Waals surface area (Å²) in [5.41, 5.74) is 2.08. The van der Waals surface area contributed by atoms with Gasteiger partial charge in [-0.15, -0.1) is 0 Å². The smallest absolute Gasteiger partial charge is 0.248 e. The highest BCUT2D eigenvalue weighted by Gasteiger charge is 2.31. The molecule has 148 valence electrons. The van der Waals surface area contributed by atoms with Gasteiger partial charge in [-0.1, -0.05) is 13.8 Å². The number of methoxy groups -OCH3 is 1. The average Bonchev–Trinajstić information content (AvgIpc) is 2.64. The SMILES string of the molecule is COCC(=O)N1CCC(c2nc(C)c3c(n2)N(CC(C)C)C(=O)CC3)CC1. The van der Waals surface area contributed by atoms with Crippen molar-refractivity contribution in [1.82, 2.24) is 14.9 Å². The number of anilines is 1. The fraction of sp³-hybridized carbons (Fsp3) is 0.700. The van der Waals surface area contributed by atoms with Crippen molar-refractivity contribution < 1.29 is 14.3 Å². The van der Waals surface area contributed by atoms with Gasteiger partial charge in [-0.2, -0.15) is 0 Å². The summed E-state index contributed by atoms with van der Waals surface area (Å²) in [5.74, 6) is 2.41. The summed E-state index contributed by atoms with van der Waals surface area (Å²) >= 11 is 0. The van der Waals surface area contributed by atoms with Crippen molar-refractivity contribution in [3.63, 3.8) is 0 Å². The summed E-state index contributed by atoms with van der Waals surface area (Å²) < 4.78 is 4.95. The zero-order chi connectivity index (χ0) is 19.6. The van der Waals surface area contributed by atoms with Crippen molar-refractivity contribution in [3.05, 3.63) is 17.1 Å². The molecule has 0 spiro atoms. The summed E-state index contributed by atoms with van der Waals surface area (Å²) in [4.78, 5) is 37.8. The molecule has 0 unspecified atom stereocenters. The lowest BCUT2D eigenvalue weighted by molar-refractivity contribution is -0.136. The highest BCUT2D eigenvalue weighted by molar-refractivity contribution is 5.95. The molecule has 1 fully saturated rings. The zero-order valence-electron chi connectivity index (χ0n) is 16.8. The average molecular weight is 374 g/mol. The molecule has 0 aliphatic carbocycles. The quantitative estimate of drug-likeness (QED) is 0.789. The number of hydrogen-bond donors (Lipinski definition) is 0. The molecule has 1 aromatic heterocycles. The third-order valence-corrected chi connectivity index (χ3v) is 5.38.